The first-order valence-corrected chi connectivity index (χ1v) is 3.37. The third-order valence-corrected chi connectivity index (χ3v) is 1.43. The van der Waals surface area contributed by atoms with Crippen LogP contribution in [0.2, 0.25) is 0 Å². The molecule has 1 unspecified atom stereocenters. The molecule has 0 aromatic rings. The lowest BCUT2D eigenvalue weighted by atomic mass is 10.2. The van der Waals surface area contributed by atoms with Crippen molar-refractivity contribution >= 4 is 6.47 Å². The average Bonchev–Trinajstić information content (AvgIpc) is 2.17. The summed E-state index contributed by atoms with van der Waals surface area (Å²) in [5.41, 5.74) is 2.70. The maximum absolute atomic E-state index is 9.89. The van der Waals surface area contributed by atoms with Crippen LogP contribution < -0.4 is 5.48 Å². The number of ether oxygens (including phenoxy) is 1. The number of hydrogen-bond acceptors (Lipinski definition) is 4. The zero-order chi connectivity index (χ0) is 7.23. The van der Waals surface area contributed by atoms with Crippen LogP contribution in [0.1, 0.15) is 12.8 Å². The van der Waals surface area contributed by atoms with Crippen LogP contribution in [0, 0.1) is 0 Å². The molecule has 0 bridgehead atoms. The molecule has 1 aliphatic rings. The van der Waals surface area contributed by atoms with Gasteiger partial charge < -0.3 is 9.57 Å². The highest BCUT2D eigenvalue weighted by Gasteiger charge is 2.11. The van der Waals surface area contributed by atoms with Gasteiger partial charge in [-0.3, -0.25) is 4.79 Å². The molecule has 4 heteroatoms. The Morgan fingerprint density at radius 3 is 3.40 bits per heavy atom. The third-order valence-electron chi connectivity index (χ3n) is 1.43. The number of nitrogens with one attached hydrogen (secondary N) is 1. The van der Waals surface area contributed by atoms with Gasteiger partial charge in [0, 0.05) is 0 Å². The van der Waals surface area contributed by atoms with Crippen molar-refractivity contribution in [1.29, 1.82) is 0 Å². The Morgan fingerprint density at radius 2 is 2.60 bits per heavy atom. The molecule has 4 nitrogen and oxygen atoms in total. The fourth-order valence-electron chi connectivity index (χ4n) is 0.904. The smallest absolute Gasteiger partial charge is 0.293 e. The molecular weight excluding hydrogens is 134 g/mol. The van der Waals surface area contributed by atoms with E-state index >= 15 is 0 Å². The summed E-state index contributed by atoms with van der Waals surface area (Å²) in [5.74, 6) is 0. The van der Waals surface area contributed by atoms with Crippen LogP contribution in [0.25, 0.3) is 0 Å². The van der Waals surface area contributed by atoms with Crippen molar-refractivity contribution in [3.63, 3.8) is 0 Å². The Balaban J connectivity index is 2.21. The summed E-state index contributed by atoms with van der Waals surface area (Å²) in [7, 11) is 0. The summed E-state index contributed by atoms with van der Waals surface area (Å²) in [6.07, 6.45) is 1.80. The minimum absolute atomic E-state index is 0.0139. The van der Waals surface area contributed by atoms with Crippen LogP contribution in [0.3, 0.4) is 0 Å². The van der Waals surface area contributed by atoms with Gasteiger partial charge in [-0.15, -0.1) is 0 Å². The van der Waals surface area contributed by atoms with Crippen molar-refractivity contribution in [2.45, 2.75) is 18.9 Å². The topological polar surface area (TPSA) is 47.6 Å². The monoisotopic (exact) mass is 145 g/mol. The van der Waals surface area contributed by atoms with Gasteiger partial charge in [-0.1, -0.05) is 0 Å². The van der Waals surface area contributed by atoms with Gasteiger partial charge in [0.25, 0.3) is 6.47 Å². The molecule has 0 spiro atoms. The Morgan fingerprint density at radius 1 is 1.70 bits per heavy atom. The molecule has 0 amide bonds. The standard InChI is InChI=1S/C6H11NO3/c8-5-9-6-2-1-3-10-7-4-6/h5-7H,1-4H2. The molecule has 10 heavy (non-hydrogen) atoms. The van der Waals surface area contributed by atoms with E-state index in [2.05, 4.69) is 5.48 Å². The predicted molar refractivity (Wildman–Crippen MR) is 34.1 cm³/mol. The molecule has 1 rings (SSSR count). The van der Waals surface area contributed by atoms with Gasteiger partial charge in [-0.25, -0.2) is 0 Å². The fourth-order valence-corrected chi connectivity index (χ4v) is 0.904. The Hall–Kier alpha value is -0.610. The first-order valence-electron chi connectivity index (χ1n) is 3.37. The van der Waals surface area contributed by atoms with E-state index < -0.39 is 0 Å². The second kappa shape index (κ2) is 4.24. The van der Waals surface area contributed by atoms with Crippen molar-refractivity contribution in [2.75, 3.05) is 13.2 Å². The Labute approximate surface area is 59.5 Å². The second-order valence-corrected chi connectivity index (χ2v) is 2.19. The number of carbonyl (C=O) groups excluding carboxylic acids is 1. The molecule has 1 aliphatic heterocycles. The highest BCUT2D eigenvalue weighted by molar-refractivity contribution is 5.37. The minimum atomic E-state index is -0.0139. The lowest BCUT2D eigenvalue weighted by Gasteiger charge is -2.09. The summed E-state index contributed by atoms with van der Waals surface area (Å²) in [5, 5.41) is 0. The highest BCUT2D eigenvalue weighted by Crippen LogP contribution is 2.03. The lowest BCUT2D eigenvalue weighted by molar-refractivity contribution is -0.134. The zero-order valence-corrected chi connectivity index (χ0v) is 5.71. The van der Waals surface area contributed by atoms with E-state index in [0.717, 1.165) is 12.8 Å². The van der Waals surface area contributed by atoms with Gasteiger partial charge in [-0.2, -0.15) is 5.48 Å². The third kappa shape index (κ3) is 2.33. The van der Waals surface area contributed by atoms with Crippen molar-refractivity contribution in [3.8, 4) is 0 Å². The van der Waals surface area contributed by atoms with Crippen LogP contribution in [-0.2, 0) is 14.4 Å². The lowest BCUT2D eigenvalue weighted by Crippen LogP contribution is -2.25. The largest absolute Gasteiger partial charge is 0.463 e. The maximum Gasteiger partial charge on any atom is 0.293 e. The van der Waals surface area contributed by atoms with E-state index in [9.17, 15) is 4.79 Å². The molecule has 1 atom stereocenters. The van der Waals surface area contributed by atoms with Crippen LogP contribution in [-0.4, -0.2) is 25.7 Å². The van der Waals surface area contributed by atoms with Gasteiger partial charge in [0.1, 0.15) is 6.10 Å². The van der Waals surface area contributed by atoms with Gasteiger partial charge in [0.2, 0.25) is 0 Å². The number of hydrogen-bond donors (Lipinski definition) is 1. The van der Waals surface area contributed by atoms with E-state index in [4.69, 9.17) is 9.57 Å². The molecule has 1 heterocycles. The van der Waals surface area contributed by atoms with Crippen molar-refractivity contribution in [2.24, 2.45) is 0 Å². The summed E-state index contributed by atoms with van der Waals surface area (Å²) < 4.78 is 4.74. The van der Waals surface area contributed by atoms with E-state index in [1.54, 1.807) is 0 Å². The van der Waals surface area contributed by atoms with Gasteiger partial charge in [-0.05, 0) is 12.8 Å². The number of carbonyl (C=O) groups is 1. The molecule has 0 radical (unpaired) electrons. The molecular formula is C6H11NO3. The zero-order valence-electron chi connectivity index (χ0n) is 5.71. The average molecular weight is 145 g/mol. The summed E-state index contributed by atoms with van der Waals surface area (Å²) in [6, 6.07) is 0. The molecule has 0 aromatic heterocycles. The van der Waals surface area contributed by atoms with Crippen molar-refractivity contribution in [1.82, 2.24) is 5.48 Å². The van der Waals surface area contributed by atoms with E-state index in [1.165, 1.54) is 0 Å². The molecule has 58 valence electrons. The quantitative estimate of drug-likeness (QED) is 0.548. The Kier molecular flexibility index (Phi) is 3.18. The van der Waals surface area contributed by atoms with Crippen LogP contribution in [0.4, 0.5) is 0 Å². The van der Waals surface area contributed by atoms with Crippen molar-refractivity contribution < 1.29 is 14.4 Å². The molecule has 1 saturated heterocycles. The Bertz CT molecular complexity index is 99.2. The molecule has 0 aliphatic carbocycles. The van der Waals surface area contributed by atoms with Gasteiger partial charge >= 0.3 is 0 Å². The van der Waals surface area contributed by atoms with Crippen LogP contribution >= 0.6 is 0 Å². The normalized spacial score (nSPS) is 27.0. The van der Waals surface area contributed by atoms with Crippen molar-refractivity contribution in [3.05, 3.63) is 0 Å². The molecule has 0 aromatic carbocycles. The number of rotatable bonds is 2. The molecule has 0 saturated carbocycles. The van der Waals surface area contributed by atoms with Gasteiger partial charge in [0.15, 0.2) is 0 Å². The molecule has 1 N–H and O–H groups in total. The predicted octanol–water partition coefficient (Wildman–Crippen LogP) is -0.157. The summed E-state index contributed by atoms with van der Waals surface area (Å²) >= 11 is 0. The highest BCUT2D eigenvalue weighted by atomic mass is 16.6. The summed E-state index contributed by atoms with van der Waals surface area (Å²) in [6.45, 7) is 1.77. The SMILES string of the molecule is O=COC1CCCONC1. The van der Waals surface area contributed by atoms with E-state index in [0.29, 0.717) is 19.6 Å². The second-order valence-electron chi connectivity index (χ2n) is 2.19. The number of hydroxylamine groups is 1. The van der Waals surface area contributed by atoms with E-state index in [1.807, 2.05) is 0 Å². The van der Waals surface area contributed by atoms with Crippen LogP contribution in [0.15, 0.2) is 0 Å². The first-order chi connectivity index (χ1) is 4.93. The fraction of sp³-hybridized carbons (Fsp3) is 0.833. The maximum atomic E-state index is 9.89. The first kappa shape index (κ1) is 7.50. The summed E-state index contributed by atoms with van der Waals surface area (Å²) in [4.78, 5) is 14.8. The van der Waals surface area contributed by atoms with Crippen LogP contribution in [0.5, 0.6) is 0 Å². The van der Waals surface area contributed by atoms with Gasteiger partial charge in [0.05, 0.1) is 13.2 Å². The molecule has 1 fully saturated rings. The van der Waals surface area contributed by atoms with E-state index in [-0.39, 0.29) is 6.10 Å². The minimum Gasteiger partial charge on any atom is -0.463 e.